The zero-order valence-electron chi connectivity index (χ0n) is 13.0. The Hall–Kier alpha value is -1.26. The van der Waals surface area contributed by atoms with Gasteiger partial charge in [-0.05, 0) is 57.9 Å². The second kappa shape index (κ2) is 7.50. The lowest BCUT2D eigenvalue weighted by Crippen LogP contribution is -2.38. The van der Waals surface area contributed by atoms with E-state index in [1.807, 2.05) is 27.7 Å². The third-order valence-electron chi connectivity index (χ3n) is 3.64. The number of piperidine rings is 1. The van der Waals surface area contributed by atoms with E-state index in [9.17, 15) is 4.79 Å². The number of hydrogen-bond donors (Lipinski definition) is 0. The van der Waals surface area contributed by atoms with Gasteiger partial charge in [-0.1, -0.05) is 12.0 Å². The molecule has 0 bridgehead atoms. The van der Waals surface area contributed by atoms with Crippen molar-refractivity contribution in [1.82, 2.24) is 5.06 Å². The summed E-state index contributed by atoms with van der Waals surface area (Å²) in [5.41, 5.74) is 7.90. The fourth-order valence-corrected chi connectivity index (χ4v) is 2.17. The van der Waals surface area contributed by atoms with E-state index in [0.29, 0.717) is 5.92 Å². The first-order valence-corrected chi connectivity index (χ1v) is 7.34. The predicted octanol–water partition coefficient (Wildman–Crippen LogP) is 3.68. The second-order valence-electron chi connectivity index (χ2n) is 6.63. The van der Waals surface area contributed by atoms with Crippen LogP contribution in [0.1, 0.15) is 53.4 Å². The van der Waals surface area contributed by atoms with E-state index in [4.69, 9.17) is 10.4 Å². The van der Waals surface area contributed by atoms with Crippen molar-refractivity contribution >= 4 is 5.97 Å². The molecule has 1 saturated heterocycles. The van der Waals surface area contributed by atoms with E-state index in [0.717, 1.165) is 38.8 Å². The average molecular weight is 282 g/mol. The van der Waals surface area contributed by atoms with Crippen molar-refractivity contribution in [2.24, 2.45) is 16.4 Å². The number of hydrogen-bond acceptors (Lipinski definition) is 4. The summed E-state index contributed by atoms with van der Waals surface area (Å²) in [6.07, 6.45) is 4.05. The number of carbonyl (C=O) groups excluding carboxylic acids is 1. The molecule has 1 atom stereocenters. The van der Waals surface area contributed by atoms with Crippen LogP contribution in [0, 0.1) is 11.3 Å². The smallest absolute Gasteiger partial charge is 0.330 e. The molecule has 0 spiro atoms. The first kappa shape index (κ1) is 16.8. The Morgan fingerprint density at radius 3 is 2.55 bits per heavy atom. The zero-order chi connectivity index (χ0) is 15.2. The Labute approximate surface area is 121 Å². The predicted molar refractivity (Wildman–Crippen MR) is 77.7 cm³/mol. The third-order valence-corrected chi connectivity index (χ3v) is 3.64. The molecule has 6 nitrogen and oxygen atoms in total. The van der Waals surface area contributed by atoms with Crippen LogP contribution < -0.4 is 0 Å². The van der Waals surface area contributed by atoms with Gasteiger partial charge in [-0.25, -0.2) is 4.79 Å². The second-order valence-corrected chi connectivity index (χ2v) is 6.63. The van der Waals surface area contributed by atoms with Crippen molar-refractivity contribution in [3.63, 3.8) is 0 Å². The van der Waals surface area contributed by atoms with Gasteiger partial charge in [-0.3, -0.25) is 0 Å². The highest BCUT2D eigenvalue weighted by molar-refractivity contribution is 5.75. The van der Waals surface area contributed by atoms with Gasteiger partial charge in [0.1, 0.15) is 0 Å². The van der Waals surface area contributed by atoms with Gasteiger partial charge in [0, 0.05) is 24.0 Å². The Kier molecular flexibility index (Phi) is 6.30. The van der Waals surface area contributed by atoms with Crippen molar-refractivity contribution in [3.05, 3.63) is 10.4 Å². The Morgan fingerprint density at radius 1 is 1.45 bits per heavy atom. The molecule has 0 N–H and O–H groups in total. The fourth-order valence-electron chi connectivity index (χ4n) is 2.17. The average Bonchev–Trinajstić information content (AvgIpc) is 2.37. The highest BCUT2D eigenvalue weighted by Gasteiger charge is 2.28. The van der Waals surface area contributed by atoms with Crippen LogP contribution in [0.4, 0.5) is 0 Å². The third kappa shape index (κ3) is 5.80. The fraction of sp³-hybridized carbons (Fsp3) is 0.929. The van der Waals surface area contributed by atoms with Gasteiger partial charge in [-0.15, -0.1) is 5.06 Å². The molecule has 114 valence electrons. The molecule has 1 rings (SSSR count). The Morgan fingerprint density at radius 2 is 2.05 bits per heavy atom. The summed E-state index contributed by atoms with van der Waals surface area (Å²) in [7, 11) is 0. The standard InChI is InChI=1S/C14H26N4O2/c1-11(16-17-15)5-6-12-7-9-18(10-8-12)20-13(19)14(2,3)4/h11-12H,5-10H2,1-4H3. The number of carbonyl (C=O) groups is 1. The van der Waals surface area contributed by atoms with E-state index in [2.05, 4.69) is 10.0 Å². The van der Waals surface area contributed by atoms with E-state index in [1.165, 1.54) is 0 Å². The lowest BCUT2D eigenvalue weighted by atomic mass is 9.91. The van der Waals surface area contributed by atoms with E-state index in [-0.39, 0.29) is 12.0 Å². The molecule has 0 amide bonds. The first-order chi connectivity index (χ1) is 9.32. The Balaban J connectivity index is 2.26. The molecule has 6 heteroatoms. The maximum Gasteiger partial charge on any atom is 0.330 e. The van der Waals surface area contributed by atoms with Gasteiger partial charge >= 0.3 is 5.97 Å². The number of azide groups is 1. The quantitative estimate of drug-likeness (QED) is 0.438. The van der Waals surface area contributed by atoms with Gasteiger partial charge in [-0.2, -0.15) is 0 Å². The van der Waals surface area contributed by atoms with Crippen LogP contribution in [-0.2, 0) is 9.63 Å². The van der Waals surface area contributed by atoms with Crippen LogP contribution in [0.15, 0.2) is 5.11 Å². The summed E-state index contributed by atoms with van der Waals surface area (Å²) in [6.45, 7) is 9.11. The van der Waals surface area contributed by atoms with Gasteiger partial charge < -0.3 is 4.84 Å². The molecule has 20 heavy (non-hydrogen) atoms. The lowest BCUT2D eigenvalue weighted by Gasteiger charge is -2.32. The molecule has 0 aromatic heterocycles. The first-order valence-electron chi connectivity index (χ1n) is 7.34. The van der Waals surface area contributed by atoms with Crippen molar-refractivity contribution in [2.75, 3.05) is 13.1 Å². The summed E-state index contributed by atoms with van der Waals surface area (Å²) < 4.78 is 0. The maximum absolute atomic E-state index is 11.8. The molecular formula is C14H26N4O2. The van der Waals surface area contributed by atoms with Gasteiger partial charge in [0.2, 0.25) is 0 Å². The zero-order valence-corrected chi connectivity index (χ0v) is 13.0. The molecule has 1 heterocycles. The van der Waals surface area contributed by atoms with Crippen LogP contribution >= 0.6 is 0 Å². The molecule has 0 radical (unpaired) electrons. The maximum atomic E-state index is 11.8. The minimum atomic E-state index is -0.457. The van der Waals surface area contributed by atoms with E-state index >= 15 is 0 Å². The number of hydroxylamine groups is 2. The summed E-state index contributed by atoms with van der Waals surface area (Å²) >= 11 is 0. The van der Waals surface area contributed by atoms with Crippen molar-refractivity contribution in [1.29, 1.82) is 0 Å². The van der Waals surface area contributed by atoms with Gasteiger partial charge in [0.15, 0.2) is 0 Å². The number of rotatable bonds is 5. The van der Waals surface area contributed by atoms with Crippen molar-refractivity contribution in [3.8, 4) is 0 Å². The van der Waals surface area contributed by atoms with Crippen LogP contribution in [-0.4, -0.2) is 30.2 Å². The van der Waals surface area contributed by atoms with Crippen LogP contribution in [0.25, 0.3) is 10.4 Å². The van der Waals surface area contributed by atoms with Crippen LogP contribution in [0.3, 0.4) is 0 Å². The molecule has 1 fully saturated rings. The summed E-state index contributed by atoms with van der Waals surface area (Å²) in [6, 6.07) is 0.0664. The van der Waals surface area contributed by atoms with E-state index < -0.39 is 5.41 Å². The van der Waals surface area contributed by atoms with Crippen molar-refractivity contribution in [2.45, 2.75) is 59.4 Å². The lowest BCUT2D eigenvalue weighted by molar-refractivity contribution is -0.206. The molecule has 1 aliphatic heterocycles. The topological polar surface area (TPSA) is 78.3 Å². The minimum absolute atomic E-state index is 0.0664. The monoisotopic (exact) mass is 282 g/mol. The normalized spacial score (nSPS) is 19.2. The van der Waals surface area contributed by atoms with Gasteiger partial charge in [0.25, 0.3) is 0 Å². The summed E-state index contributed by atoms with van der Waals surface area (Å²) in [4.78, 5) is 20.0. The van der Waals surface area contributed by atoms with Crippen molar-refractivity contribution < 1.29 is 9.63 Å². The van der Waals surface area contributed by atoms with Crippen LogP contribution in [0.2, 0.25) is 0 Å². The SMILES string of the molecule is CC(CCC1CCN(OC(=O)C(C)(C)C)CC1)N=[N+]=[N-]. The number of nitrogens with zero attached hydrogens (tertiary/aromatic N) is 4. The largest absolute Gasteiger partial charge is 0.367 e. The van der Waals surface area contributed by atoms with Crippen LogP contribution in [0.5, 0.6) is 0 Å². The highest BCUT2D eigenvalue weighted by Crippen LogP contribution is 2.24. The molecule has 0 aromatic carbocycles. The van der Waals surface area contributed by atoms with Gasteiger partial charge in [0.05, 0.1) is 5.41 Å². The molecule has 1 unspecified atom stereocenters. The highest BCUT2D eigenvalue weighted by atomic mass is 16.7. The summed E-state index contributed by atoms with van der Waals surface area (Å²) in [5, 5.41) is 5.47. The van der Waals surface area contributed by atoms with E-state index in [1.54, 1.807) is 5.06 Å². The Bertz CT molecular complexity index is 364. The molecule has 0 saturated carbocycles. The molecule has 0 aromatic rings. The minimum Gasteiger partial charge on any atom is -0.367 e. The molecule has 0 aliphatic carbocycles. The molecular weight excluding hydrogens is 256 g/mol. The summed E-state index contributed by atoms with van der Waals surface area (Å²) in [5.74, 6) is 0.462. The molecule has 1 aliphatic rings.